The Balaban J connectivity index is 2.40. The molecule has 2 rings (SSSR count). The van der Waals surface area contributed by atoms with Crippen molar-refractivity contribution in [1.82, 2.24) is 14.8 Å². The van der Waals surface area contributed by atoms with E-state index in [0.717, 1.165) is 12.5 Å². The van der Waals surface area contributed by atoms with E-state index in [2.05, 4.69) is 10.1 Å². The number of aliphatic hydroxyl groups excluding tert-OH is 1. The summed E-state index contributed by atoms with van der Waals surface area (Å²) in [5.74, 6) is -4.60. The molecule has 0 aliphatic heterocycles. The molecule has 0 spiro atoms. The standard InChI is InChI=1S/C15H13F3N4O3/c1-8-3-5-10(6-4-8)11(24)7-12(25)22-14(19-9(2)23)20-13(21-22)15(16,17)18/h3-7,24H,1-2H3,(H,19,20,21,23)/b11-7-. The van der Waals surface area contributed by atoms with Crippen LogP contribution in [-0.2, 0) is 11.0 Å². The van der Waals surface area contributed by atoms with E-state index in [1.807, 2.05) is 12.2 Å². The van der Waals surface area contributed by atoms with Crippen LogP contribution >= 0.6 is 0 Å². The molecule has 0 unspecified atom stereocenters. The van der Waals surface area contributed by atoms with Crippen LogP contribution in [0.3, 0.4) is 0 Å². The van der Waals surface area contributed by atoms with Crippen LogP contribution < -0.4 is 5.32 Å². The first-order valence-electron chi connectivity index (χ1n) is 6.92. The van der Waals surface area contributed by atoms with E-state index in [4.69, 9.17) is 0 Å². The number of carbonyl (C=O) groups excluding carboxylic acids is 2. The minimum atomic E-state index is -4.90. The van der Waals surface area contributed by atoms with Crippen LogP contribution in [0, 0.1) is 6.92 Å². The number of halogens is 3. The highest BCUT2D eigenvalue weighted by Crippen LogP contribution is 2.27. The van der Waals surface area contributed by atoms with Gasteiger partial charge in [-0.1, -0.05) is 29.8 Å². The molecule has 1 aromatic carbocycles. The fourth-order valence-corrected chi connectivity index (χ4v) is 1.81. The van der Waals surface area contributed by atoms with Gasteiger partial charge in [0.05, 0.1) is 0 Å². The van der Waals surface area contributed by atoms with Crippen LogP contribution in [0.2, 0.25) is 0 Å². The quantitative estimate of drug-likeness (QED) is 0.653. The normalized spacial score (nSPS) is 12.1. The molecule has 2 N–H and O–H groups in total. The van der Waals surface area contributed by atoms with Crippen molar-refractivity contribution in [1.29, 1.82) is 0 Å². The van der Waals surface area contributed by atoms with Gasteiger partial charge in [-0.3, -0.25) is 14.9 Å². The maximum atomic E-state index is 12.7. The molecule has 1 aromatic heterocycles. The number of nitrogens with zero attached hydrogens (tertiary/aromatic N) is 3. The van der Waals surface area contributed by atoms with Crippen molar-refractivity contribution in [3.8, 4) is 0 Å². The summed E-state index contributed by atoms with van der Waals surface area (Å²) in [7, 11) is 0. The van der Waals surface area contributed by atoms with Crippen molar-refractivity contribution < 1.29 is 27.9 Å². The topological polar surface area (TPSA) is 97.1 Å². The Morgan fingerprint density at radius 3 is 2.36 bits per heavy atom. The van der Waals surface area contributed by atoms with Crippen molar-refractivity contribution in [3.05, 3.63) is 47.3 Å². The van der Waals surface area contributed by atoms with Crippen molar-refractivity contribution in [2.24, 2.45) is 0 Å². The van der Waals surface area contributed by atoms with Crippen LogP contribution in [0.1, 0.15) is 28.7 Å². The molecule has 25 heavy (non-hydrogen) atoms. The van der Waals surface area contributed by atoms with E-state index in [0.29, 0.717) is 6.08 Å². The maximum absolute atomic E-state index is 12.7. The zero-order valence-corrected chi connectivity index (χ0v) is 13.1. The first kappa shape index (κ1) is 18.2. The summed E-state index contributed by atoms with van der Waals surface area (Å²) in [5, 5.41) is 15.0. The van der Waals surface area contributed by atoms with Gasteiger partial charge in [-0.25, -0.2) is 0 Å². The van der Waals surface area contributed by atoms with Crippen molar-refractivity contribution in [2.75, 3.05) is 5.32 Å². The van der Waals surface area contributed by atoms with Gasteiger partial charge in [0.15, 0.2) is 0 Å². The number of aromatic nitrogens is 3. The third-order valence-electron chi connectivity index (χ3n) is 2.96. The first-order valence-corrected chi connectivity index (χ1v) is 6.92. The SMILES string of the molecule is CC(=O)Nc1nc(C(F)(F)F)nn1C(=O)/C=C(\O)c1ccc(C)cc1. The second-order valence-electron chi connectivity index (χ2n) is 5.08. The highest BCUT2D eigenvalue weighted by atomic mass is 19.4. The Labute approximate surface area is 139 Å². The minimum absolute atomic E-state index is 0.259. The Kier molecular flexibility index (Phi) is 4.91. The average molecular weight is 354 g/mol. The Morgan fingerprint density at radius 1 is 1.24 bits per heavy atom. The molecule has 0 bridgehead atoms. The minimum Gasteiger partial charge on any atom is -0.507 e. The summed E-state index contributed by atoms with van der Waals surface area (Å²) in [6.07, 6.45) is -4.22. The summed E-state index contributed by atoms with van der Waals surface area (Å²) < 4.78 is 38.4. The number of rotatable bonds is 3. The van der Waals surface area contributed by atoms with Crippen LogP contribution in [-0.4, -0.2) is 31.7 Å². The molecule has 2 aromatic rings. The number of nitrogens with one attached hydrogen (secondary N) is 1. The van der Waals surface area contributed by atoms with Crippen LogP contribution in [0.25, 0.3) is 5.76 Å². The largest absolute Gasteiger partial charge is 0.507 e. The van der Waals surface area contributed by atoms with Gasteiger partial charge >= 0.3 is 6.18 Å². The van der Waals surface area contributed by atoms with Gasteiger partial charge in [-0.05, 0) is 6.92 Å². The molecule has 1 heterocycles. The van der Waals surface area contributed by atoms with Gasteiger partial charge in [0.25, 0.3) is 11.7 Å². The number of amides is 1. The lowest BCUT2D eigenvalue weighted by molar-refractivity contribution is -0.144. The molecule has 132 valence electrons. The van der Waals surface area contributed by atoms with Gasteiger partial charge < -0.3 is 5.11 Å². The van der Waals surface area contributed by atoms with Gasteiger partial charge in [0, 0.05) is 18.6 Å². The summed E-state index contributed by atoms with van der Waals surface area (Å²) >= 11 is 0. The number of hydrogen-bond acceptors (Lipinski definition) is 5. The lowest BCUT2D eigenvalue weighted by atomic mass is 10.1. The fraction of sp³-hybridized carbons (Fsp3) is 0.200. The van der Waals surface area contributed by atoms with Crippen molar-refractivity contribution in [2.45, 2.75) is 20.0 Å². The highest BCUT2D eigenvalue weighted by molar-refractivity contribution is 5.98. The molecule has 0 aliphatic rings. The number of allylic oxidation sites excluding steroid dienone is 1. The van der Waals surface area contributed by atoms with Gasteiger partial charge in [0.2, 0.25) is 11.9 Å². The monoisotopic (exact) mass is 354 g/mol. The van der Waals surface area contributed by atoms with E-state index in [-0.39, 0.29) is 10.2 Å². The Morgan fingerprint density at radius 2 is 1.84 bits per heavy atom. The zero-order valence-electron chi connectivity index (χ0n) is 13.1. The third kappa shape index (κ3) is 4.43. The zero-order chi connectivity index (χ0) is 18.8. The van der Waals surface area contributed by atoms with Gasteiger partial charge in [0.1, 0.15) is 5.76 Å². The highest BCUT2D eigenvalue weighted by Gasteiger charge is 2.38. The molecular weight excluding hydrogens is 341 g/mol. The molecule has 0 radical (unpaired) electrons. The van der Waals surface area contributed by atoms with Crippen molar-refractivity contribution >= 4 is 23.5 Å². The predicted molar refractivity (Wildman–Crippen MR) is 81.7 cm³/mol. The molecular formula is C15H13F3N4O3. The molecule has 10 heteroatoms. The molecule has 0 saturated carbocycles. The number of alkyl halides is 3. The summed E-state index contributed by atoms with van der Waals surface area (Å²) in [6.45, 7) is 2.86. The van der Waals surface area contributed by atoms with E-state index in [1.54, 1.807) is 12.1 Å². The summed E-state index contributed by atoms with van der Waals surface area (Å²) in [4.78, 5) is 26.3. The smallest absolute Gasteiger partial charge is 0.453 e. The number of anilines is 1. The predicted octanol–water partition coefficient (Wildman–Crippen LogP) is 2.80. The maximum Gasteiger partial charge on any atom is 0.453 e. The summed E-state index contributed by atoms with van der Waals surface area (Å²) in [5.41, 5.74) is 1.21. The van der Waals surface area contributed by atoms with E-state index < -0.39 is 35.5 Å². The average Bonchev–Trinajstić information content (AvgIpc) is 2.91. The van der Waals surface area contributed by atoms with Gasteiger partial charge in [-0.15, -0.1) is 5.10 Å². The van der Waals surface area contributed by atoms with E-state index in [1.165, 1.54) is 12.1 Å². The summed E-state index contributed by atoms with van der Waals surface area (Å²) in [6, 6.07) is 6.44. The van der Waals surface area contributed by atoms with Crippen LogP contribution in [0.4, 0.5) is 19.1 Å². The number of carbonyl (C=O) groups is 2. The van der Waals surface area contributed by atoms with Crippen molar-refractivity contribution in [3.63, 3.8) is 0 Å². The molecule has 0 aliphatic carbocycles. The lowest BCUT2D eigenvalue weighted by Crippen LogP contribution is -2.18. The number of hydrogen-bond donors (Lipinski definition) is 2. The molecule has 7 nitrogen and oxygen atoms in total. The Bertz CT molecular complexity index is 839. The molecule has 0 fully saturated rings. The second kappa shape index (κ2) is 6.75. The van der Waals surface area contributed by atoms with E-state index >= 15 is 0 Å². The van der Waals surface area contributed by atoms with E-state index in [9.17, 15) is 27.9 Å². The molecule has 0 saturated heterocycles. The van der Waals surface area contributed by atoms with Gasteiger partial charge in [-0.2, -0.15) is 22.8 Å². The van der Waals surface area contributed by atoms with Crippen LogP contribution in [0.15, 0.2) is 30.3 Å². The number of benzene rings is 1. The van der Waals surface area contributed by atoms with Crippen LogP contribution in [0.5, 0.6) is 0 Å². The fourth-order valence-electron chi connectivity index (χ4n) is 1.81. The number of aliphatic hydroxyl groups is 1. The Hall–Kier alpha value is -3.17. The molecule has 1 amide bonds. The first-order chi connectivity index (χ1) is 11.6. The third-order valence-corrected chi connectivity index (χ3v) is 2.96. The number of aryl methyl sites for hydroxylation is 1. The second-order valence-corrected chi connectivity index (χ2v) is 5.08. The molecule has 0 atom stereocenters. The lowest BCUT2D eigenvalue weighted by Gasteiger charge is -2.03.